The van der Waals surface area contributed by atoms with E-state index in [-0.39, 0.29) is 5.91 Å². The fourth-order valence-corrected chi connectivity index (χ4v) is 3.44. The third-order valence-corrected chi connectivity index (χ3v) is 5.16. The molecule has 1 saturated carbocycles. The predicted molar refractivity (Wildman–Crippen MR) is 121 cm³/mol. The number of ether oxygens (including phenoxy) is 2. The number of hydrogen-bond acceptors (Lipinski definition) is 4. The van der Waals surface area contributed by atoms with Gasteiger partial charge in [-0.25, -0.2) is 4.99 Å². The van der Waals surface area contributed by atoms with Crippen molar-refractivity contribution in [3.05, 3.63) is 29.8 Å². The third-order valence-electron chi connectivity index (χ3n) is 5.16. The molecule has 1 aliphatic rings. The molecule has 0 bridgehead atoms. The van der Waals surface area contributed by atoms with Crippen molar-refractivity contribution < 1.29 is 14.3 Å². The summed E-state index contributed by atoms with van der Waals surface area (Å²) >= 11 is 0. The van der Waals surface area contributed by atoms with Gasteiger partial charge in [-0.05, 0) is 43.9 Å². The molecular weight excluding hydrogens is 380 g/mol. The lowest BCUT2D eigenvalue weighted by Gasteiger charge is -2.22. The average molecular weight is 419 g/mol. The molecule has 0 aromatic heterocycles. The summed E-state index contributed by atoms with van der Waals surface area (Å²) in [5.41, 5.74) is 1.10. The highest BCUT2D eigenvalue weighted by Gasteiger charge is 2.15. The minimum atomic E-state index is 0.111. The van der Waals surface area contributed by atoms with Gasteiger partial charge in [0.15, 0.2) is 5.96 Å². The zero-order valence-electron chi connectivity index (χ0n) is 18.5. The summed E-state index contributed by atoms with van der Waals surface area (Å²) in [5.74, 6) is 1.66. The van der Waals surface area contributed by atoms with Crippen LogP contribution in [0.5, 0.6) is 5.75 Å². The molecule has 7 heteroatoms. The molecule has 0 atom stereocenters. The largest absolute Gasteiger partial charge is 0.497 e. The van der Waals surface area contributed by atoms with Crippen LogP contribution in [0.25, 0.3) is 0 Å². The number of aliphatic imine (C=N–C) groups is 1. The van der Waals surface area contributed by atoms with Crippen LogP contribution in [0.15, 0.2) is 29.3 Å². The van der Waals surface area contributed by atoms with Crippen LogP contribution in [0.1, 0.15) is 57.4 Å². The summed E-state index contributed by atoms with van der Waals surface area (Å²) < 4.78 is 10.6. The van der Waals surface area contributed by atoms with E-state index in [2.05, 4.69) is 20.9 Å². The molecule has 2 rings (SSSR count). The summed E-state index contributed by atoms with van der Waals surface area (Å²) in [6.07, 6.45) is 7.28. The number of nitrogens with zero attached hydrogens (tertiary/aromatic N) is 1. The monoisotopic (exact) mass is 418 g/mol. The number of benzene rings is 1. The van der Waals surface area contributed by atoms with E-state index in [1.807, 2.05) is 31.2 Å². The van der Waals surface area contributed by atoms with Crippen molar-refractivity contribution in [3.63, 3.8) is 0 Å². The predicted octanol–water partition coefficient (Wildman–Crippen LogP) is 3.00. The van der Waals surface area contributed by atoms with Gasteiger partial charge in [0.1, 0.15) is 5.75 Å². The molecule has 3 N–H and O–H groups in total. The highest BCUT2D eigenvalue weighted by Crippen LogP contribution is 2.17. The summed E-state index contributed by atoms with van der Waals surface area (Å²) in [6.45, 7) is 5.32. The van der Waals surface area contributed by atoms with Crippen LogP contribution < -0.4 is 20.7 Å². The van der Waals surface area contributed by atoms with E-state index in [0.29, 0.717) is 31.5 Å². The van der Waals surface area contributed by atoms with E-state index in [1.165, 1.54) is 19.3 Å². The minimum absolute atomic E-state index is 0.111. The zero-order chi connectivity index (χ0) is 21.4. The molecule has 0 spiro atoms. The Bertz CT molecular complexity index is 628. The Labute approximate surface area is 181 Å². The van der Waals surface area contributed by atoms with Gasteiger partial charge in [-0.2, -0.15) is 0 Å². The number of nitrogens with one attached hydrogen (secondary N) is 3. The maximum Gasteiger partial charge on any atom is 0.221 e. The van der Waals surface area contributed by atoms with Crippen LogP contribution in [-0.2, 0) is 16.1 Å². The van der Waals surface area contributed by atoms with Crippen LogP contribution in [0.3, 0.4) is 0 Å². The fraction of sp³-hybridized carbons (Fsp3) is 0.652. The van der Waals surface area contributed by atoms with Gasteiger partial charge in [-0.1, -0.05) is 31.4 Å². The molecule has 1 aliphatic carbocycles. The molecule has 30 heavy (non-hydrogen) atoms. The first-order valence-corrected chi connectivity index (χ1v) is 11.2. The van der Waals surface area contributed by atoms with Gasteiger partial charge in [0.05, 0.1) is 13.7 Å². The zero-order valence-corrected chi connectivity index (χ0v) is 18.5. The lowest BCUT2D eigenvalue weighted by molar-refractivity contribution is -0.121. The SMILES string of the molecule is CCOCCCNC(=NCc1ccc(OC)cc1)NCCC(=O)NC1CCCCC1. The van der Waals surface area contributed by atoms with Gasteiger partial charge in [0, 0.05) is 38.8 Å². The van der Waals surface area contributed by atoms with Crippen molar-refractivity contribution >= 4 is 11.9 Å². The maximum absolute atomic E-state index is 12.2. The van der Waals surface area contributed by atoms with Gasteiger partial charge in [-0.15, -0.1) is 0 Å². The Kier molecular flexibility index (Phi) is 11.7. The van der Waals surface area contributed by atoms with E-state index >= 15 is 0 Å². The number of rotatable bonds is 12. The smallest absolute Gasteiger partial charge is 0.221 e. The first kappa shape index (κ1) is 24.0. The molecule has 0 heterocycles. The highest BCUT2D eigenvalue weighted by molar-refractivity contribution is 5.81. The molecule has 1 aromatic carbocycles. The van der Waals surface area contributed by atoms with E-state index in [1.54, 1.807) is 7.11 Å². The summed E-state index contributed by atoms with van der Waals surface area (Å²) in [5, 5.41) is 9.77. The summed E-state index contributed by atoms with van der Waals surface area (Å²) in [4.78, 5) is 16.9. The van der Waals surface area contributed by atoms with Crippen molar-refractivity contribution in [1.29, 1.82) is 0 Å². The topological polar surface area (TPSA) is 84.0 Å². The number of guanidine groups is 1. The molecule has 1 fully saturated rings. The number of carbonyl (C=O) groups excluding carboxylic acids is 1. The number of amides is 1. The Hall–Kier alpha value is -2.28. The normalized spacial score (nSPS) is 14.9. The summed E-state index contributed by atoms with van der Waals surface area (Å²) in [7, 11) is 1.66. The van der Waals surface area contributed by atoms with Crippen LogP contribution >= 0.6 is 0 Å². The second kappa shape index (κ2) is 14.7. The minimum Gasteiger partial charge on any atom is -0.497 e. The van der Waals surface area contributed by atoms with E-state index < -0.39 is 0 Å². The van der Waals surface area contributed by atoms with E-state index in [0.717, 1.165) is 50.3 Å². The molecule has 168 valence electrons. The van der Waals surface area contributed by atoms with Crippen molar-refractivity contribution in [1.82, 2.24) is 16.0 Å². The van der Waals surface area contributed by atoms with E-state index in [4.69, 9.17) is 9.47 Å². The summed E-state index contributed by atoms with van der Waals surface area (Å²) in [6, 6.07) is 8.23. The van der Waals surface area contributed by atoms with Crippen LogP contribution in [0.2, 0.25) is 0 Å². The van der Waals surface area contributed by atoms with Crippen molar-refractivity contribution in [2.75, 3.05) is 33.4 Å². The third kappa shape index (κ3) is 9.96. The van der Waals surface area contributed by atoms with Crippen LogP contribution in [-0.4, -0.2) is 51.3 Å². The molecule has 1 aromatic rings. The van der Waals surface area contributed by atoms with Gasteiger partial charge in [0.2, 0.25) is 5.91 Å². The molecule has 0 unspecified atom stereocenters. The molecule has 1 amide bonds. The molecular formula is C23H38N4O3. The van der Waals surface area contributed by atoms with Crippen LogP contribution in [0.4, 0.5) is 0 Å². The van der Waals surface area contributed by atoms with Gasteiger partial charge >= 0.3 is 0 Å². The van der Waals surface area contributed by atoms with Crippen LogP contribution in [0, 0.1) is 0 Å². The van der Waals surface area contributed by atoms with Crippen molar-refractivity contribution in [2.45, 2.75) is 64.5 Å². The van der Waals surface area contributed by atoms with Crippen molar-refractivity contribution in [3.8, 4) is 5.75 Å². The van der Waals surface area contributed by atoms with Crippen molar-refractivity contribution in [2.24, 2.45) is 4.99 Å². The second-order valence-electron chi connectivity index (χ2n) is 7.57. The van der Waals surface area contributed by atoms with Gasteiger partial charge in [0.25, 0.3) is 0 Å². The Morgan fingerprint density at radius 2 is 1.83 bits per heavy atom. The number of carbonyl (C=O) groups is 1. The quantitative estimate of drug-likeness (QED) is 0.276. The lowest BCUT2D eigenvalue weighted by Crippen LogP contribution is -2.41. The number of hydrogen-bond donors (Lipinski definition) is 3. The Morgan fingerprint density at radius 1 is 1.10 bits per heavy atom. The second-order valence-corrected chi connectivity index (χ2v) is 7.57. The molecule has 0 saturated heterocycles. The first-order valence-electron chi connectivity index (χ1n) is 11.2. The Balaban J connectivity index is 1.79. The van der Waals surface area contributed by atoms with E-state index in [9.17, 15) is 4.79 Å². The molecule has 7 nitrogen and oxygen atoms in total. The molecule has 0 aliphatic heterocycles. The highest BCUT2D eigenvalue weighted by atomic mass is 16.5. The van der Waals surface area contributed by atoms with Gasteiger partial charge in [-0.3, -0.25) is 4.79 Å². The molecule has 0 radical (unpaired) electrons. The first-order chi connectivity index (χ1) is 14.7. The Morgan fingerprint density at radius 3 is 2.53 bits per heavy atom. The fourth-order valence-electron chi connectivity index (χ4n) is 3.44. The maximum atomic E-state index is 12.2. The van der Waals surface area contributed by atoms with Gasteiger partial charge < -0.3 is 25.4 Å². The average Bonchev–Trinajstić information content (AvgIpc) is 2.78. The lowest BCUT2D eigenvalue weighted by atomic mass is 9.95. The number of methoxy groups -OCH3 is 1. The standard InChI is InChI=1S/C23H38N4O3/c1-3-30-17-7-15-24-23(26-18-19-10-12-21(29-2)13-11-19)25-16-14-22(28)27-20-8-5-4-6-9-20/h10-13,20H,3-9,14-18H2,1-2H3,(H,27,28)(H2,24,25,26).